The van der Waals surface area contributed by atoms with Crippen LogP contribution in [0.2, 0.25) is 0 Å². The number of hydrogen-bond donors (Lipinski definition) is 1. The molecule has 146 valence electrons. The fourth-order valence-electron chi connectivity index (χ4n) is 2.83. The summed E-state index contributed by atoms with van der Waals surface area (Å²) in [5.74, 6) is -0.741. The predicted octanol–water partition coefficient (Wildman–Crippen LogP) is 4.45. The molecule has 0 aliphatic heterocycles. The van der Waals surface area contributed by atoms with Crippen LogP contribution in [0.25, 0.3) is 0 Å². The Labute approximate surface area is 170 Å². The molecule has 2 heterocycles. The number of halogens is 1. The molecule has 1 aromatic carbocycles. The molecule has 2 aromatic heterocycles. The van der Waals surface area contributed by atoms with Crippen LogP contribution in [0.4, 0.5) is 10.1 Å². The smallest absolute Gasteiger partial charge is 0.229 e. The van der Waals surface area contributed by atoms with Crippen LogP contribution in [0.5, 0.6) is 0 Å². The molecule has 1 atom stereocenters. The SMILES string of the molecule is CC(=O)NC(CC(=O)N(Cc1csc(C)n1)c1ccc(F)cc1)c1cccs1. The highest BCUT2D eigenvalue weighted by Gasteiger charge is 2.24. The van der Waals surface area contributed by atoms with E-state index in [1.807, 2.05) is 29.8 Å². The molecule has 5 nitrogen and oxygen atoms in total. The quantitative estimate of drug-likeness (QED) is 0.618. The molecule has 0 saturated carbocycles. The lowest BCUT2D eigenvalue weighted by Crippen LogP contribution is -2.35. The lowest BCUT2D eigenvalue weighted by molar-refractivity contribution is -0.121. The minimum Gasteiger partial charge on any atom is -0.348 e. The highest BCUT2D eigenvalue weighted by molar-refractivity contribution is 7.10. The van der Waals surface area contributed by atoms with Gasteiger partial charge in [0.15, 0.2) is 0 Å². The fourth-order valence-corrected chi connectivity index (χ4v) is 4.21. The topological polar surface area (TPSA) is 62.3 Å². The Morgan fingerprint density at radius 2 is 1.96 bits per heavy atom. The molecule has 3 rings (SSSR count). The van der Waals surface area contributed by atoms with Gasteiger partial charge in [-0.3, -0.25) is 9.59 Å². The zero-order chi connectivity index (χ0) is 20.1. The molecule has 3 aromatic rings. The molecule has 2 amide bonds. The normalized spacial score (nSPS) is 11.8. The highest BCUT2D eigenvalue weighted by atomic mass is 32.1. The summed E-state index contributed by atoms with van der Waals surface area (Å²) in [7, 11) is 0. The third-order valence-electron chi connectivity index (χ3n) is 4.07. The number of thiophene rings is 1. The first-order chi connectivity index (χ1) is 13.4. The molecule has 0 spiro atoms. The van der Waals surface area contributed by atoms with Crippen molar-refractivity contribution in [3.05, 3.63) is 68.6 Å². The Kier molecular flexibility index (Phi) is 6.53. The minimum absolute atomic E-state index is 0.0978. The number of thiazole rings is 1. The third-order valence-corrected chi connectivity index (χ3v) is 5.88. The summed E-state index contributed by atoms with van der Waals surface area (Å²) >= 11 is 3.00. The van der Waals surface area contributed by atoms with Crippen molar-refractivity contribution >= 4 is 40.2 Å². The Hall–Kier alpha value is -2.58. The first-order valence-electron chi connectivity index (χ1n) is 8.70. The summed E-state index contributed by atoms with van der Waals surface area (Å²) < 4.78 is 13.4. The van der Waals surface area contributed by atoms with E-state index in [1.54, 1.807) is 17.0 Å². The number of rotatable bonds is 7. The average molecular weight is 418 g/mol. The fraction of sp³-hybridized carbons (Fsp3) is 0.250. The van der Waals surface area contributed by atoms with Crippen molar-refractivity contribution < 1.29 is 14.0 Å². The first kappa shape index (κ1) is 20.2. The molecule has 1 N–H and O–H groups in total. The number of nitrogens with one attached hydrogen (secondary N) is 1. The number of aryl methyl sites for hydroxylation is 1. The molecule has 0 aliphatic carbocycles. The van der Waals surface area contributed by atoms with E-state index in [2.05, 4.69) is 10.3 Å². The van der Waals surface area contributed by atoms with Crippen molar-refractivity contribution in [1.29, 1.82) is 0 Å². The predicted molar refractivity (Wildman–Crippen MR) is 110 cm³/mol. The maximum Gasteiger partial charge on any atom is 0.229 e. The van der Waals surface area contributed by atoms with Crippen LogP contribution < -0.4 is 10.2 Å². The van der Waals surface area contributed by atoms with Crippen molar-refractivity contribution in [3.63, 3.8) is 0 Å². The minimum atomic E-state index is -0.412. The molecular weight excluding hydrogens is 397 g/mol. The highest BCUT2D eigenvalue weighted by Crippen LogP contribution is 2.26. The van der Waals surface area contributed by atoms with Gasteiger partial charge in [-0.1, -0.05) is 6.07 Å². The van der Waals surface area contributed by atoms with E-state index in [9.17, 15) is 14.0 Å². The standard InChI is InChI=1S/C20H20FN3O2S2/c1-13(25)22-18(19-4-3-9-27-19)10-20(26)24(11-16-12-28-14(2)23-16)17-7-5-15(21)6-8-17/h3-9,12,18H,10-11H2,1-2H3,(H,22,25). The van der Waals surface area contributed by atoms with Gasteiger partial charge in [0.1, 0.15) is 5.82 Å². The van der Waals surface area contributed by atoms with Gasteiger partial charge in [0.25, 0.3) is 0 Å². The number of nitrogens with zero attached hydrogens (tertiary/aromatic N) is 2. The lowest BCUT2D eigenvalue weighted by atomic mass is 10.1. The summed E-state index contributed by atoms with van der Waals surface area (Å²) in [6, 6.07) is 9.17. The van der Waals surface area contributed by atoms with Gasteiger partial charge < -0.3 is 10.2 Å². The zero-order valence-electron chi connectivity index (χ0n) is 15.5. The van der Waals surface area contributed by atoms with Crippen molar-refractivity contribution in [3.8, 4) is 0 Å². The van der Waals surface area contributed by atoms with Crippen LogP contribution in [0, 0.1) is 12.7 Å². The number of carbonyl (C=O) groups excluding carboxylic acids is 2. The second-order valence-electron chi connectivity index (χ2n) is 6.29. The summed E-state index contributed by atoms with van der Waals surface area (Å²) in [5.41, 5.74) is 1.36. The van der Waals surface area contributed by atoms with Crippen LogP contribution in [-0.4, -0.2) is 16.8 Å². The maximum absolute atomic E-state index is 13.4. The largest absolute Gasteiger partial charge is 0.348 e. The summed E-state index contributed by atoms with van der Waals surface area (Å²) in [4.78, 5) is 31.7. The molecule has 0 saturated heterocycles. The molecule has 8 heteroatoms. The van der Waals surface area contributed by atoms with Crippen molar-refractivity contribution in [2.75, 3.05) is 4.90 Å². The summed E-state index contributed by atoms with van der Waals surface area (Å²) in [5, 5.41) is 7.57. The second kappa shape index (κ2) is 9.07. The number of carbonyl (C=O) groups is 2. The molecule has 0 bridgehead atoms. The van der Waals surface area contributed by atoms with E-state index in [-0.39, 0.29) is 30.6 Å². The Bertz CT molecular complexity index is 939. The third kappa shape index (κ3) is 5.24. The monoisotopic (exact) mass is 417 g/mol. The molecule has 0 fully saturated rings. The number of benzene rings is 1. The van der Waals surface area contributed by atoms with Gasteiger partial charge in [-0.2, -0.15) is 0 Å². The van der Waals surface area contributed by atoms with Gasteiger partial charge in [-0.25, -0.2) is 9.37 Å². The number of hydrogen-bond acceptors (Lipinski definition) is 5. The number of aromatic nitrogens is 1. The van der Waals surface area contributed by atoms with Gasteiger partial charge in [-0.15, -0.1) is 22.7 Å². The van der Waals surface area contributed by atoms with Crippen LogP contribution in [0.15, 0.2) is 47.2 Å². The lowest BCUT2D eigenvalue weighted by Gasteiger charge is -2.25. The van der Waals surface area contributed by atoms with Crippen molar-refractivity contribution in [2.24, 2.45) is 0 Å². The van der Waals surface area contributed by atoms with Crippen LogP contribution in [-0.2, 0) is 16.1 Å². The Balaban J connectivity index is 1.86. The average Bonchev–Trinajstić information content (AvgIpc) is 3.31. The maximum atomic E-state index is 13.4. The van der Waals surface area contributed by atoms with E-state index in [4.69, 9.17) is 0 Å². The van der Waals surface area contributed by atoms with Gasteiger partial charge in [0.05, 0.1) is 29.7 Å². The molecule has 0 radical (unpaired) electrons. The Morgan fingerprint density at radius 1 is 1.21 bits per heavy atom. The second-order valence-corrected chi connectivity index (χ2v) is 8.33. The van der Waals surface area contributed by atoms with E-state index in [0.29, 0.717) is 5.69 Å². The van der Waals surface area contributed by atoms with Gasteiger partial charge in [0.2, 0.25) is 11.8 Å². The zero-order valence-corrected chi connectivity index (χ0v) is 17.1. The first-order valence-corrected chi connectivity index (χ1v) is 10.5. The van der Waals surface area contributed by atoms with Crippen LogP contribution in [0.1, 0.15) is 35.0 Å². The van der Waals surface area contributed by atoms with E-state index in [1.165, 1.54) is 41.7 Å². The summed E-state index contributed by atoms with van der Waals surface area (Å²) in [6.07, 6.45) is 0.0978. The van der Waals surface area contributed by atoms with Crippen molar-refractivity contribution in [1.82, 2.24) is 10.3 Å². The molecule has 1 unspecified atom stereocenters. The van der Waals surface area contributed by atoms with E-state index in [0.717, 1.165) is 15.6 Å². The number of anilines is 1. The van der Waals surface area contributed by atoms with E-state index < -0.39 is 6.04 Å². The van der Waals surface area contributed by atoms with Crippen LogP contribution >= 0.6 is 22.7 Å². The van der Waals surface area contributed by atoms with E-state index >= 15 is 0 Å². The molecule has 28 heavy (non-hydrogen) atoms. The summed E-state index contributed by atoms with van der Waals surface area (Å²) in [6.45, 7) is 3.62. The van der Waals surface area contributed by atoms with Crippen LogP contribution in [0.3, 0.4) is 0 Å². The van der Waals surface area contributed by atoms with Gasteiger partial charge in [0, 0.05) is 22.9 Å². The number of amides is 2. The van der Waals surface area contributed by atoms with Gasteiger partial charge in [-0.05, 0) is 42.6 Å². The molecular formula is C20H20FN3O2S2. The molecule has 0 aliphatic rings. The van der Waals surface area contributed by atoms with Crippen molar-refractivity contribution in [2.45, 2.75) is 32.9 Å². The van der Waals surface area contributed by atoms with Gasteiger partial charge >= 0.3 is 0 Å². The Morgan fingerprint density at radius 3 is 2.54 bits per heavy atom.